The van der Waals surface area contributed by atoms with E-state index in [9.17, 15) is 8.42 Å². The molecule has 0 spiro atoms. The van der Waals surface area contributed by atoms with Crippen molar-refractivity contribution in [1.82, 2.24) is 4.31 Å². The van der Waals surface area contributed by atoms with Crippen molar-refractivity contribution in [3.8, 4) is 5.75 Å². The Balaban J connectivity index is 2.54. The summed E-state index contributed by atoms with van der Waals surface area (Å²) in [4.78, 5) is 4.31. The first-order valence-electron chi connectivity index (χ1n) is 5.65. The second-order valence-corrected chi connectivity index (χ2v) is 5.99. The minimum atomic E-state index is -3.58. The van der Waals surface area contributed by atoms with Gasteiger partial charge >= 0.3 is 0 Å². The maximum atomic E-state index is 12.5. The molecule has 0 saturated heterocycles. The maximum Gasteiger partial charge on any atom is 0.268 e. The van der Waals surface area contributed by atoms with Crippen LogP contribution < -0.4 is 4.74 Å². The van der Waals surface area contributed by atoms with E-state index in [1.807, 2.05) is 13.0 Å². The molecule has 0 fully saturated rings. The molecule has 1 heterocycles. The van der Waals surface area contributed by atoms with Crippen LogP contribution in [0.25, 0.3) is 0 Å². The van der Waals surface area contributed by atoms with Crippen LogP contribution in [0.3, 0.4) is 0 Å². The lowest BCUT2D eigenvalue weighted by molar-refractivity contribution is 0.401. The van der Waals surface area contributed by atoms with Gasteiger partial charge in [0.2, 0.25) is 0 Å². The topological polar surface area (TPSA) is 59.0 Å². The predicted molar refractivity (Wildman–Crippen MR) is 69.6 cm³/mol. The van der Waals surface area contributed by atoms with Crippen molar-refractivity contribution in [2.75, 3.05) is 20.2 Å². The average Bonchev–Trinajstić information content (AvgIpc) is 2.76. The van der Waals surface area contributed by atoms with Gasteiger partial charge in [-0.25, -0.2) is 8.42 Å². The summed E-state index contributed by atoms with van der Waals surface area (Å²) in [5.74, 6) is 0.888. The van der Waals surface area contributed by atoms with Gasteiger partial charge in [0.05, 0.1) is 20.2 Å². The first-order valence-corrected chi connectivity index (χ1v) is 7.09. The number of hydrogen-bond donors (Lipinski definition) is 0. The molecule has 5 nitrogen and oxygen atoms in total. The fourth-order valence-corrected chi connectivity index (χ4v) is 3.65. The summed E-state index contributed by atoms with van der Waals surface area (Å²) in [6.07, 6.45) is 0. The van der Waals surface area contributed by atoms with E-state index in [-0.39, 0.29) is 4.90 Å². The number of aryl methyl sites for hydroxylation is 1. The van der Waals surface area contributed by atoms with Crippen molar-refractivity contribution in [3.63, 3.8) is 0 Å². The van der Waals surface area contributed by atoms with Crippen LogP contribution in [0.1, 0.15) is 12.5 Å². The highest BCUT2D eigenvalue weighted by Gasteiger charge is 2.30. The third-order valence-corrected chi connectivity index (χ3v) is 4.79. The summed E-state index contributed by atoms with van der Waals surface area (Å²) in [6.45, 7) is 4.46. The largest absolute Gasteiger partial charge is 0.495 e. The van der Waals surface area contributed by atoms with Gasteiger partial charge in [0, 0.05) is 0 Å². The molecule has 6 heteroatoms. The number of methoxy groups -OCH3 is 1. The molecule has 2 rings (SSSR count). The number of aliphatic imine (C=N–C) groups is 1. The quantitative estimate of drug-likeness (QED) is 0.833. The second-order valence-electron chi connectivity index (χ2n) is 4.16. The predicted octanol–water partition coefficient (Wildman–Crippen LogP) is 1.43. The van der Waals surface area contributed by atoms with E-state index in [1.165, 1.54) is 11.4 Å². The second kappa shape index (κ2) is 4.61. The molecule has 0 bridgehead atoms. The van der Waals surface area contributed by atoms with Gasteiger partial charge in [-0.2, -0.15) is 0 Å². The molecule has 1 aliphatic heterocycles. The van der Waals surface area contributed by atoms with Crippen molar-refractivity contribution in [3.05, 3.63) is 23.8 Å². The minimum absolute atomic E-state index is 0.196. The third-order valence-electron chi connectivity index (χ3n) is 2.89. The van der Waals surface area contributed by atoms with Gasteiger partial charge in [0.25, 0.3) is 10.0 Å². The molecule has 1 aromatic carbocycles. The molecule has 18 heavy (non-hydrogen) atoms. The summed E-state index contributed by atoms with van der Waals surface area (Å²) in [6, 6.07) is 5.12. The highest BCUT2D eigenvalue weighted by molar-refractivity contribution is 7.89. The van der Waals surface area contributed by atoms with Crippen LogP contribution in [0.15, 0.2) is 28.1 Å². The van der Waals surface area contributed by atoms with Crippen LogP contribution >= 0.6 is 0 Å². The first kappa shape index (κ1) is 12.9. The maximum absolute atomic E-state index is 12.5. The lowest BCUT2D eigenvalue weighted by atomic mass is 10.2. The molecule has 0 aliphatic carbocycles. The van der Waals surface area contributed by atoms with E-state index < -0.39 is 10.0 Å². The van der Waals surface area contributed by atoms with Crippen molar-refractivity contribution < 1.29 is 13.2 Å². The lowest BCUT2D eigenvalue weighted by Crippen LogP contribution is -2.33. The Labute approximate surface area is 107 Å². The first-order chi connectivity index (χ1) is 8.46. The zero-order valence-corrected chi connectivity index (χ0v) is 11.5. The highest BCUT2D eigenvalue weighted by Crippen LogP contribution is 2.28. The number of rotatable bonds is 3. The van der Waals surface area contributed by atoms with Gasteiger partial charge in [-0.15, -0.1) is 0 Å². The number of hydrogen-bond acceptors (Lipinski definition) is 4. The summed E-state index contributed by atoms with van der Waals surface area (Å²) in [5.41, 5.74) is 0.878. The van der Waals surface area contributed by atoms with Crippen LogP contribution in [0.4, 0.5) is 0 Å². The van der Waals surface area contributed by atoms with Crippen LogP contribution in [0.2, 0.25) is 0 Å². The van der Waals surface area contributed by atoms with Crippen LogP contribution in [0.5, 0.6) is 5.75 Å². The molecular formula is C12H16N2O3S. The Morgan fingerprint density at radius 2 is 2.06 bits per heavy atom. The Bertz CT molecular complexity index is 593. The molecule has 1 aromatic rings. The normalized spacial score (nSPS) is 15.7. The SMILES string of the molecule is COc1ccc(C)cc1S(=O)(=O)N1CCN=C1C. The number of ether oxygens (including phenoxy) is 1. The number of nitrogens with zero attached hydrogens (tertiary/aromatic N) is 2. The molecule has 0 atom stereocenters. The fourth-order valence-electron chi connectivity index (χ4n) is 1.94. The van der Waals surface area contributed by atoms with E-state index >= 15 is 0 Å². The van der Waals surface area contributed by atoms with Gasteiger partial charge in [0.1, 0.15) is 16.5 Å². The standard InChI is InChI=1S/C12H16N2O3S/c1-9-4-5-11(17-3)12(8-9)18(15,16)14-7-6-13-10(14)2/h4-5,8H,6-7H2,1-3H3. The third kappa shape index (κ3) is 2.08. The lowest BCUT2D eigenvalue weighted by Gasteiger charge is -2.20. The van der Waals surface area contributed by atoms with Crippen LogP contribution in [0, 0.1) is 6.92 Å². The Morgan fingerprint density at radius 1 is 1.33 bits per heavy atom. The summed E-state index contributed by atoms with van der Waals surface area (Å²) in [5, 5.41) is 0. The van der Waals surface area contributed by atoms with Crippen LogP contribution in [-0.2, 0) is 10.0 Å². The molecule has 0 aromatic heterocycles. The molecule has 0 unspecified atom stereocenters. The number of benzene rings is 1. The Hall–Kier alpha value is -1.56. The highest BCUT2D eigenvalue weighted by atomic mass is 32.2. The van der Waals surface area contributed by atoms with E-state index in [4.69, 9.17) is 4.74 Å². The van der Waals surface area contributed by atoms with Crippen molar-refractivity contribution >= 4 is 15.9 Å². The summed E-state index contributed by atoms with van der Waals surface area (Å²) < 4.78 is 31.5. The molecule has 98 valence electrons. The van der Waals surface area contributed by atoms with E-state index in [2.05, 4.69) is 4.99 Å². The van der Waals surface area contributed by atoms with E-state index in [1.54, 1.807) is 19.1 Å². The van der Waals surface area contributed by atoms with E-state index in [0.29, 0.717) is 24.7 Å². The van der Waals surface area contributed by atoms with Gasteiger partial charge < -0.3 is 4.74 Å². The Kier molecular flexibility index (Phi) is 3.30. The van der Waals surface area contributed by atoms with Crippen molar-refractivity contribution in [2.24, 2.45) is 4.99 Å². The molecule has 1 aliphatic rings. The van der Waals surface area contributed by atoms with Crippen molar-refractivity contribution in [1.29, 1.82) is 0 Å². The van der Waals surface area contributed by atoms with Gasteiger partial charge in [0.15, 0.2) is 0 Å². The zero-order valence-electron chi connectivity index (χ0n) is 10.7. The van der Waals surface area contributed by atoms with Gasteiger partial charge in [-0.1, -0.05) is 6.07 Å². The zero-order chi connectivity index (χ0) is 13.3. The monoisotopic (exact) mass is 268 g/mol. The van der Waals surface area contributed by atoms with Gasteiger partial charge in [-0.05, 0) is 31.5 Å². The minimum Gasteiger partial charge on any atom is -0.495 e. The number of amidine groups is 1. The van der Waals surface area contributed by atoms with Crippen molar-refractivity contribution in [2.45, 2.75) is 18.7 Å². The molecule has 0 amide bonds. The smallest absolute Gasteiger partial charge is 0.268 e. The van der Waals surface area contributed by atoms with Crippen LogP contribution in [-0.4, -0.2) is 38.8 Å². The Morgan fingerprint density at radius 3 is 2.61 bits per heavy atom. The summed E-state index contributed by atoms with van der Waals surface area (Å²) >= 11 is 0. The van der Waals surface area contributed by atoms with E-state index in [0.717, 1.165) is 5.56 Å². The van der Waals surface area contributed by atoms with Gasteiger partial charge in [-0.3, -0.25) is 9.30 Å². The fraction of sp³-hybridized carbons (Fsp3) is 0.417. The molecule has 0 saturated carbocycles. The summed E-state index contributed by atoms with van der Waals surface area (Å²) in [7, 11) is -2.11. The average molecular weight is 268 g/mol. The molecular weight excluding hydrogens is 252 g/mol. The molecule has 0 N–H and O–H groups in total. The molecule has 0 radical (unpaired) electrons. The number of sulfonamides is 1.